The third-order valence-electron chi connectivity index (χ3n) is 4.84. The molecular formula is C22H12F5N3O4. The second kappa shape index (κ2) is 8.89. The van der Waals surface area contributed by atoms with Crippen LogP contribution in [0.4, 0.5) is 22.0 Å². The smallest absolute Gasteiger partial charge is 0.337 e. The van der Waals surface area contributed by atoms with E-state index in [1.807, 2.05) is 0 Å². The van der Waals surface area contributed by atoms with Crippen LogP contribution in [0.15, 0.2) is 35.5 Å². The summed E-state index contributed by atoms with van der Waals surface area (Å²) < 4.78 is 72.5. The Kier molecular flexibility index (Phi) is 5.97. The summed E-state index contributed by atoms with van der Waals surface area (Å²) in [4.78, 5) is 25.1. The summed E-state index contributed by atoms with van der Waals surface area (Å²) in [6, 6.07) is 7.42. The number of fused-ring (bicyclic) bond motifs is 2. The Hall–Kier alpha value is -4.35. The first-order chi connectivity index (χ1) is 16.2. The van der Waals surface area contributed by atoms with E-state index < -0.39 is 47.2 Å². The molecule has 0 aliphatic heterocycles. The number of benzene rings is 3. The molecule has 3 aromatic carbocycles. The first-order valence-electron chi connectivity index (χ1n) is 9.41. The van der Waals surface area contributed by atoms with Gasteiger partial charge in [0.15, 0.2) is 23.3 Å². The summed E-state index contributed by atoms with van der Waals surface area (Å²) >= 11 is 0. The molecule has 0 saturated carbocycles. The summed E-state index contributed by atoms with van der Waals surface area (Å²) in [6.07, 6.45) is 1.09. The van der Waals surface area contributed by atoms with Crippen LogP contribution in [-0.2, 0) is 11.4 Å². The Morgan fingerprint density at radius 2 is 1.62 bits per heavy atom. The summed E-state index contributed by atoms with van der Waals surface area (Å²) in [5, 5.41) is 12.9. The van der Waals surface area contributed by atoms with Crippen molar-refractivity contribution in [2.45, 2.75) is 6.61 Å². The van der Waals surface area contributed by atoms with Crippen molar-refractivity contribution in [2.75, 3.05) is 7.11 Å². The SMILES string of the molecule is COc1ccc(/C=N/OCc2c(F)c(F)c(F)c(F)c2F)c2nc3cccc(C(=O)O)c3nc12. The lowest BCUT2D eigenvalue weighted by Gasteiger charge is -2.09. The highest BCUT2D eigenvalue weighted by Crippen LogP contribution is 2.28. The largest absolute Gasteiger partial charge is 0.494 e. The van der Waals surface area contributed by atoms with Crippen molar-refractivity contribution in [1.29, 1.82) is 0 Å². The van der Waals surface area contributed by atoms with Gasteiger partial charge in [-0.3, -0.25) is 0 Å². The van der Waals surface area contributed by atoms with Gasteiger partial charge in [-0.05, 0) is 24.3 Å². The predicted molar refractivity (Wildman–Crippen MR) is 109 cm³/mol. The van der Waals surface area contributed by atoms with Gasteiger partial charge in [0.1, 0.15) is 28.9 Å². The Balaban J connectivity index is 1.71. The second-order valence-electron chi connectivity index (χ2n) is 6.81. The number of halogens is 5. The van der Waals surface area contributed by atoms with E-state index in [9.17, 15) is 31.9 Å². The highest BCUT2D eigenvalue weighted by atomic mass is 19.2. The lowest BCUT2D eigenvalue weighted by Crippen LogP contribution is -2.07. The zero-order chi connectivity index (χ0) is 24.6. The number of rotatable bonds is 6. The average Bonchev–Trinajstić information content (AvgIpc) is 2.84. The monoisotopic (exact) mass is 477 g/mol. The van der Waals surface area contributed by atoms with Crippen LogP contribution in [0, 0.1) is 29.1 Å². The number of nitrogens with zero attached hydrogens (tertiary/aromatic N) is 3. The molecule has 0 aliphatic rings. The molecule has 0 bridgehead atoms. The average molecular weight is 477 g/mol. The third kappa shape index (κ3) is 3.83. The first kappa shape index (κ1) is 22.8. The van der Waals surface area contributed by atoms with Crippen molar-refractivity contribution in [2.24, 2.45) is 5.16 Å². The van der Waals surface area contributed by atoms with E-state index in [-0.39, 0.29) is 33.4 Å². The van der Waals surface area contributed by atoms with Gasteiger partial charge in [-0.25, -0.2) is 36.7 Å². The molecule has 0 unspecified atom stereocenters. The van der Waals surface area contributed by atoms with E-state index in [4.69, 9.17) is 9.57 Å². The molecule has 174 valence electrons. The lowest BCUT2D eigenvalue weighted by atomic mass is 10.1. The van der Waals surface area contributed by atoms with Crippen LogP contribution >= 0.6 is 0 Å². The van der Waals surface area contributed by atoms with Gasteiger partial charge < -0.3 is 14.7 Å². The van der Waals surface area contributed by atoms with Crippen LogP contribution in [0.3, 0.4) is 0 Å². The molecule has 0 fully saturated rings. The molecule has 0 amide bonds. The van der Waals surface area contributed by atoms with E-state index >= 15 is 0 Å². The molecule has 12 heteroatoms. The Bertz CT molecular complexity index is 1460. The fourth-order valence-corrected chi connectivity index (χ4v) is 3.19. The molecule has 4 aromatic rings. The maximum Gasteiger partial charge on any atom is 0.337 e. The highest BCUT2D eigenvalue weighted by molar-refractivity contribution is 6.05. The maximum atomic E-state index is 13.8. The van der Waals surface area contributed by atoms with Crippen LogP contribution in [-0.4, -0.2) is 34.4 Å². The number of hydrogen-bond acceptors (Lipinski definition) is 6. The van der Waals surface area contributed by atoms with Crippen molar-refractivity contribution in [3.63, 3.8) is 0 Å². The minimum Gasteiger partial charge on any atom is -0.494 e. The van der Waals surface area contributed by atoms with Gasteiger partial charge in [-0.2, -0.15) is 0 Å². The van der Waals surface area contributed by atoms with Gasteiger partial charge in [0.05, 0.1) is 30.0 Å². The van der Waals surface area contributed by atoms with E-state index in [1.165, 1.54) is 31.4 Å². The molecule has 4 rings (SSSR count). The first-order valence-corrected chi connectivity index (χ1v) is 9.41. The zero-order valence-corrected chi connectivity index (χ0v) is 17.1. The summed E-state index contributed by atoms with van der Waals surface area (Å²) in [7, 11) is 1.38. The number of hydrogen-bond donors (Lipinski definition) is 1. The highest BCUT2D eigenvalue weighted by Gasteiger charge is 2.26. The van der Waals surface area contributed by atoms with Gasteiger partial charge in [-0.15, -0.1) is 0 Å². The number of methoxy groups -OCH3 is 1. The minimum atomic E-state index is -2.27. The summed E-state index contributed by atoms with van der Waals surface area (Å²) in [5.41, 5.74) is -0.136. The van der Waals surface area contributed by atoms with E-state index in [0.717, 1.165) is 6.21 Å². The van der Waals surface area contributed by atoms with Crippen LogP contribution < -0.4 is 4.74 Å². The quantitative estimate of drug-likeness (QED) is 0.108. The Labute approximate surface area is 187 Å². The van der Waals surface area contributed by atoms with E-state index in [2.05, 4.69) is 15.1 Å². The van der Waals surface area contributed by atoms with Crippen molar-refractivity contribution < 1.29 is 41.4 Å². The molecule has 1 aromatic heterocycles. The fourth-order valence-electron chi connectivity index (χ4n) is 3.19. The van der Waals surface area contributed by atoms with Gasteiger partial charge in [-0.1, -0.05) is 11.2 Å². The molecule has 1 heterocycles. The Morgan fingerprint density at radius 1 is 0.941 bits per heavy atom. The minimum absolute atomic E-state index is 0.0702. The number of ether oxygens (including phenoxy) is 1. The summed E-state index contributed by atoms with van der Waals surface area (Å²) in [6.45, 7) is -1.03. The molecule has 0 radical (unpaired) electrons. The zero-order valence-electron chi connectivity index (χ0n) is 17.1. The van der Waals surface area contributed by atoms with Crippen molar-refractivity contribution in [3.8, 4) is 5.75 Å². The van der Waals surface area contributed by atoms with Gasteiger partial charge in [0.25, 0.3) is 0 Å². The molecule has 7 nitrogen and oxygen atoms in total. The number of para-hydroxylation sites is 1. The van der Waals surface area contributed by atoms with Gasteiger partial charge >= 0.3 is 5.97 Å². The number of aromatic carboxylic acids is 1. The van der Waals surface area contributed by atoms with Crippen LogP contribution in [0.25, 0.3) is 22.1 Å². The molecule has 1 N–H and O–H groups in total. The molecule has 0 saturated heterocycles. The van der Waals surface area contributed by atoms with Gasteiger partial charge in [0.2, 0.25) is 5.82 Å². The topological polar surface area (TPSA) is 93.9 Å². The van der Waals surface area contributed by atoms with Crippen molar-refractivity contribution in [1.82, 2.24) is 9.97 Å². The summed E-state index contributed by atoms with van der Waals surface area (Å²) in [5.74, 6) is -11.4. The number of oxime groups is 1. The Morgan fingerprint density at radius 3 is 2.26 bits per heavy atom. The lowest BCUT2D eigenvalue weighted by molar-refractivity contribution is 0.0698. The number of carboxylic acid groups (broad SMARTS) is 1. The normalized spacial score (nSPS) is 11.5. The van der Waals surface area contributed by atoms with E-state index in [1.54, 1.807) is 6.07 Å². The molecular weight excluding hydrogens is 465 g/mol. The molecule has 0 spiro atoms. The van der Waals surface area contributed by atoms with Crippen molar-refractivity contribution >= 4 is 34.3 Å². The van der Waals surface area contributed by atoms with Crippen LogP contribution in [0.1, 0.15) is 21.5 Å². The van der Waals surface area contributed by atoms with Crippen LogP contribution in [0.5, 0.6) is 5.75 Å². The predicted octanol–water partition coefficient (Wildman–Crippen LogP) is 4.74. The molecule has 0 atom stereocenters. The van der Waals surface area contributed by atoms with Gasteiger partial charge in [0, 0.05) is 5.56 Å². The van der Waals surface area contributed by atoms with Crippen LogP contribution in [0.2, 0.25) is 0 Å². The fraction of sp³-hybridized carbons (Fsp3) is 0.0909. The molecule has 34 heavy (non-hydrogen) atoms. The number of aromatic nitrogens is 2. The molecule has 0 aliphatic carbocycles. The second-order valence-corrected chi connectivity index (χ2v) is 6.81. The number of carboxylic acids is 1. The maximum absolute atomic E-state index is 13.8. The standard InChI is InChI=1S/C22H12F5N3O4/c1-33-13-6-5-9(7-28-34-8-11-14(23)16(25)18(27)17(26)15(11)24)19-21(13)30-20-10(22(31)32)3-2-4-12(20)29-19/h2-7H,8H2,1H3,(H,31,32)/b28-7+. The number of carbonyl (C=O) groups is 1. The van der Waals surface area contributed by atoms with E-state index in [0.29, 0.717) is 5.56 Å². The third-order valence-corrected chi connectivity index (χ3v) is 4.84. The van der Waals surface area contributed by atoms with Crippen molar-refractivity contribution in [3.05, 3.63) is 76.1 Å².